The van der Waals surface area contributed by atoms with E-state index in [0.717, 1.165) is 0 Å². The highest BCUT2D eigenvalue weighted by Crippen LogP contribution is 2.10. The van der Waals surface area contributed by atoms with Crippen LogP contribution in [0.25, 0.3) is 0 Å². The lowest BCUT2D eigenvalue weighted by molar-refractivity contribution is -0.522. The van der Waals surface area contributed by atoms with Gasteiger partial charge in [0.25, 0.3) is 0 Å². The SMILES string of the molecule is C=C(CC(CC)[N+](=O)[O-])C(=O)OCC. The average Bonchev–Trinajstić information content (AvgIpc) is 2.13. The van der Waals surface area contributed by atoms with Crippen LogP contribution in [0.5, 0.6) is 0 Å². The molecule has 80 valence electrons. The second kappa shape index (κ2) is 6.12. The first-order valence-electron chi connectivity index (χ1n) is 4.51. The number of nitro groups is 1. The molecular formula is C9H15NO4. The number of carbonyl (C=O) groups excluding carboxylic acids is 1. The van der Waals surface area contributed by atoms with Gasteiger partial charge in [0.1, 0.15) is 0 Å². The van der Waals surface area contributed by atoms with E-state index >= 15 is 0 Å². The van der Waals surface area contributed by atoms with Gasteiger partial charge in [-0.15, -0.1) is 0 Å². The van der Waals surface area contributed by atoms with Gasteiger partial charge in [0, 0.05) is 23.3 Å². The fourth-order valence-corrected chi connectivity index (χ4v) is 0.969. The minimum absolute atomic E-state index is 0.0579. The summed E-state index contributed by atoms with van der Waals surface area (Å²) in [6, 6.07) is -0.744. The molecule has 0 saturated carbocycles. The van der Waals surface area contributed by atoms with Crippen LogP contribution in [-0.2, 0) is 9.53 Å². The fraction of sp³-hybridized carbons (Fsp3) is 0.667. The Morgan fingerprint density at radius 1 is 1.57 bits per heavy atom. The van der Waals surface area contributed by atoms with Crippen LogP contribution in [0.2, 0.25) is 0 Å². The number of hydrogen-bond acceptors (Lipinski definition) is 4. The molecule has 0 rings (SSSR count). The fourth-order valence-electron chi connectivity index (χ4n) is 0.969. The summed E-state index contributed by atoms with van der Waals surface area (Å²) in [4.78, 5) is 21.1. The first-order valence-corrected chi connectivity index (χ1v) is 4.51. The monoisotopic (exact) mass is 201 g/mol. The third-order valence-corrected chi connectivity index (χ3v) is 1.82. The summed E-state index contributed by atoms with van der Waals surface area (Å²) in [6.07, 6.45) is 0.438. The Kier molecular flexibility index (Phi) is 5.52. The van der Waals surface area contributed by atoms with Gasteiger partial charge in [0.15, 0.2) is 0 Å². The number of hydrogen-bond donors (Lipinski definition) is 0. The van der Waals surface area contributed by atoms with Crippen LogP contribution in [0.15, 0.2) is 12.2 Å². The quantitative estimate of drug-likeness (QED) is 0.283. The standard InChI is InChI=1S/C9H15NO4/c1-4-8(10(12)13)6-7(3)9(11)14-5-2/h8H,3-6H2,1-2H3. The highest BCUT2D eigenvalue weighted by molar-refractivity contribution is 5.87. The van der Waals surface area contributed by atoms with E-state index in [-0.39, 0.29) is 18.6 Å². The highest BCUT2D eigenvalue weighted by atomic mass is 16.6. The molecule has 0 heterocycles. The number of carbonyl (C=O) groups is 1. The molecule has 0 saturated heterocycles. The highest BCUT2D eigenvalue weighted by Gasteiger charge is 2.22. The molecule has 0 aliphatic rings. The maximum atomic E-state index is 11.1. The zero-order valence-electron chi connectivity index (χ0n) is 8.49. The Labute approximate surface area is 82.9 Å². The molecular weight excluding hydrogens is 186 g/mol. The number of ether oxygens (including phenoxy) is 1. The van der Waals surface area contributed by atoms with E-state index in [1.54, 1.807) is 13.8 Å². The molecule has 5 nitrogen and oxygen atoms in total. The van der Waals surface area contributed by atoms with Crippen molar-refractivity contribution in [2.75, 3.05) is 6.61 Å². The van der Waals surface area contributed by atoms with Crippen molar-refractivity contribution in [3.05, 3.63) is 22.3 Å². The van der Waals surface area contributed by atoms with Crippen LogP contribution in [0.4, 0.5) is 0 Å². The van der Waals surface area contributed by atoms with Crippen LogP contribution >= 0.6 is 0 Å². The van der Waals surface area contributed by atoms with Crippen LogP contribution < -0.4 is 0 Å². The molecule has 0 bridgehead atoms. The summed E-state index contributed by atoms with van der Waals surface area (Å²) >= 11 is 0. The Morgan fingerprint density at radius 2 is 2.14 bits per heavy atom. The zero-order chi connectivity index (χ0) is 11.1. The van der Waals surface area contributed by atoms with Gasteiger partial charge in [-0.2, -0.15) is 0 Å². The average molecular weight is 201 g/mol. The Bertz CT molecular complexity index is 237. The Balaban J connectivity index is 4.15. The van der Waals surface area contributed by atoms with Crippen LogP contribution in [-0.4, -0.2) is 23.5 Å². The molecule has 0 aromatic heterocycles. The molecule has 0 fully saturated rings. The van der Waals surface area contributed by atoms with Crippen LogP contribution in [0, 0.1) is 10.1 Å². The summed E-state index contributed by atoms with van der Waals surface area (Å²) in [5.41, 5.74) is 0.162. The minimum atomic E-state index is -0.744. The molecule has 0 aliphatic heterocycles. The van der Waals surface area contributed by atoms with Crippen molar-refractivity contribution in [2.45, 2.75) is 32.7 Å². The first kappa shape index (κ1) is 12.6. The molecule has 0 N–H and O–H groups in total. The van der Waals surface area contributed by atoms with Gasteiger partial charge in [-0.25, -0.2) is 4.79 Å². The molecule has 5 heteroatoms. The summed E-state index contributed by atoms with van der Waals surface area (Å²) in [5, 5.41) is 10.5. The van der Waals surface area contributed by atoms with Crippen molar-refractivity contribution in [1.29, 1.82) is 0 Å². The van der Waals surface area contributed by atoms with Crippen molar-refractivity contribution in [3.63, 3.8) is 0 Å². The van der Waals surface area contributed by atoms with E-state index < -0.39 is 16.9 Å². The minimum Gasteiger partial charge on any atom is -0.463 e. The second-order valence-corrected chi connectivity index (χ2v) is 2.88. The maximum absolute atomic E-state index is 11.1. The lowest BCUT2D eigenvalue weighted by atomic mass is 10.1. The summed E-state index contributed by atoms with van der Waals surface area (Å²) in [6.45, 7) is 7.10. The smallest absolute Gasteiger partial charge is 0.333 e. The van der Waals surface area contributed by atoms with E-state index in [4.69, 9.17) is 0 Å². The molecule has 0 spiro atoms. The van der Waals surface area contributed by atoms with Gasteiger partial charge >= 0.3 is 5.97 Å². The predicted molar refractivity (Wildman–Crippen MR) is 51.5 cm³/mol. The van der Waals surface area contributed by atoms with Crippen molar-refractivity contribution >= 4 is 5.97 Å². The van der Waals surface area contributed by atoms with E-state index in [9.17, 15) is 14.9 Å². The maximum Gasteiger partial charge on any atom is 0.333 e. The van der Waals surface area contributed by atoms with E-state index in [0.29, 0.717) is 6.42 Å². The van der Waals surface area contributed by atoms with Crippen LogP contribution in [0.3, 0.4) is 0 Å². The summed E-state index contributed by atoms with van der Waals surface area (Å²) < 4.78 is 4.67. The van der Waals surface area contributed by atoms with Gasteiger partial charge in [0.2, 0.25) is 6.04 Å². The zero-order valence-corrected chi connectivity index (χ0v) is 8.49. The lowest BCUT2D eigenvalue weighted by Gasteiger charge is -2.08. The first-order chi connectivity index (χ1) is 6.52. The number of rotatable bonds is 6. The van der Waals surface area contributed by atoms with E-state index in [2.05, 4.69) is 11.3 Å². The van der Waals surface area contributed by atoms with Crippen molar-refractivity contribution in [1.82, 2.24) is 0 Å². The molecule has 0 radical (unpaired) electrons. The molecule has 0 aromatic rings. The van der Waals surface area contributed by atoms with Gasteiger partial charge < -0.3 is 4.74 Å². The molecule has 0 aliphatic carbocycles. The largest absolute Gasteiger partial charge is 0.463 e. The number of nitrogens with zero attached hydrogens (tertiary/aromatic N) is 1. The Morgan fingerprint density at radius 3 is 2.50 bits per heavy atom. The summed E-state index contributed by atoms with van der Waals surface area (Å²) in [5.74, 6) is -0.548. The molecule has 14 heavy (non-hydrogen) atoms. The molecule has 1 atom stereocenters. The van der Waals surface area contributed by atoms with Gasteiger partial charge in [-0.3, -0.25) is 10.1 Å². The Hall–Kier alpha value is -1.39. The third-order valence-electron chi connectivity index (χ3n) is 1.82. The van der Waals surface area contributed by atoms with Crippen molar-refractivity contribution in [2.24, 2.45) is 0 Å². The van der Waals surface area contributed by atoms with E-state index in [1.165, 1.54) is 0 Å². The van der Waals surface area contributed by atoms with Gasteiger partial charge in [-0.1, -0.05) is 13.5 Å². The van der Waals surface area contributed by atoms with Crippen molar-refractivity contribution in [3.8, 4) is 0 Å². The number of esters is 1. The van der Waals surface area contributed by atoms with E-state index in [1.807, 2.05) is 0 Å². The van der Waals surface area contributed by atoms with Gasteiger partial charge in [0.05, 0.1) is 6.61 Å². The van der Waals surface area contributed by atoms with Crippen LogP contribution in [0.1, 0.15) is 26.7 Å². The second-order valence-electron chi connectivity index (χ2n) is 2.88. The molecule has 1 unspecified atom stereocenters. The third kappa shape index (κ3) is 4.02. The molecule has 0 amide bonds. The normalized spacial score (nSPS) is 11.9. The lowest BCUT2D eigenvalue weighted by Crippen LogP contribution is -2.21. The molecule has 0 aromatic carbocycles. The van der Waals surface area contributed by atoms with Crippen molar-refractivity contribution < 1.29 is 14.5 Å². The van der Waals surface area contributed by atoms with Gasteiger partial charge in [-0.05, 0) is 6.92 Å². The predicted octanol–water partition coefficient (Wildman–Crippen LogP) is 1.55. The topological polar surface area (TPSA) is 69.4 Å². The summed E-state index contributed by atoms with van der Waals surface area (Å²) in [7, 11) is 0.